The molecule has 3 aliphatic heterocycles. The topological polar surface area (TPSA) is 18.5 Å². The normalized spacial score (nSPS) is 30.5. The number of halogens is 1. The van der Waals surface area contributed by atoms with Crippen LogP contribution in [-0.2, 0) is 0 Å². The molecule has 1 N–H and O–H groups in total. The summed E-state index contributed by atoms with van der Waals surface area (Å²) >= 11 is 0. The zero-order chi connectivity index (χ0) is 14.3. The van der Waals surface area contributed by atoms with E-state index in [0.717, 1.165) is 49.4 Å². The number of rotatable bonds is 3. The van der Waals surface area contributed by atoms with Gasteiger partial charge in [0.1, 0.15) is 5.82 Å². The van der Waals surface area contributed by atoms with Gasteiger partial charge < -0.3 is 5.32 Å². The average molecular weight is 277 g/mol. The molecular formula is C16H24FN3. The molecule has 0 amide bonds. The molecule has 0 radical (unpaired) electrons. The number of hydrogen-bond donors (Lipinski definition) is 1. The molecule has 110 valence electrons. The number of fused-ring (bicyclic) bond motifs is 3. The highest BCUT2D eigenvalue weighted by molar-refractivity contribution is 5.35. The third-order valence-electron chi connectivity index (χ3n) is 4.81. The van der Waals surface area contributed by atoms with Crippen molar-refractivity contribution < 1.29 is 4.39 Å². The summed E-state index contributed by atoms with van der Waals surface area (Å²) in [7, 11) is 1.95. The predicted molar refractivity (Wildman–Crippen MR) is 79.5 cm³/mol. The number of nitrogens with zero attached hydrogens (tertiary/aromatic N) is 2. The third-order valence-corrected chi connectivity index (χ3v) is 4.81. The molecule has 0 aliphatic carbocycles. The molecule has 4 heteroatoms. The molecule has 0 spiro atoms. The molecule has 1 aromatic carbocycles. The van der Waals surface area contributed by atoms with Gasteiger partial charge in [-0.2, -0.15) is 0 Å². The van der Waals surface area contributed by atoms with Crippen molar-refractivity contribution in [1.82, 2.24) is 15.1 Å². The summed E-state index contributed by atoms with van der Waals surface area (Å²) in [6, 6.07) is 4.18. The molecule has 3 saturated heterocycles. The molecule has 1 aromatic rings. The van der Waals surface area contributed by atoms with E-state index in [1.54, 1.807) is 6.07 Å². The molecule has 0 aromatic heterocycles. The molecule has 3 fully saturated rings. The van der Waals surface area contributed by atoms with Gasteiger partial charge in [-0.3, -0.25) is 9.80 Å². The summed E-state index contributed by atoms with van der Waals surface area (Å²) in [4.78, 5) is 5.01. The molecule has 2 atom stereocenters. The summed E-state index contributed by atoms with van der Waals surface area (Å²) < 4.78 is 14.5. The van der Waals surface area contributed by atoms with Crippen molar-refractivity contribution in [2.45, 2.75) is 25.9 Å². The smallest absolute Gasteiger partial charge is 0.128 e. The minimum Gasteiger partial charge on any atom is -0.312 e. The van der Waals surface area contributed by atoms with Gasteiger partial charge in [-0.05, 0) is 38.1 Å². The number of hydrogen-bond acceptors (Lipinski definition) is 3. The first-order valence-corrected chi connectivity index (χ1v) is 7.50. The van der Waals surface area contributed by atoms with Crippen molar-refractivity contribution in [3.63, 3.8) is 0 Å². The van der Waals surface area contributed by atoms with Crippen LogP contribution in [0.3, 0.4) is 0 Å². The summed E-state index contributed by atoms with van der Waals surface area (Å²) in [6.45, 7) is 9.53. The Morgan fingerprint density at radius 3 is 2.40 bits per heavy atom. The number of nitrogens with one attached hydrogen (secondary N) is 1. The average Bonchev–Trinajstić information content (AvgIpc) is 2.43. The lowest BCUT2D eigenvalue weighted by molar-refractivity contribution is -0.00313. The Balaban J connectivity index is 1.94. The number of aryl methyl sites for hydroxylation is 2. The Bertz CT molecular complexity index is 471. The first kappa shape index (κ1) is 14.0. The quantitative estimate of drug-likeness (QED) is 0.907. The van der Waals surface area contributed by atoms with Crippen LogP contribution in [0, 0.1) is 19.7 Å². The molecule has 2 bridgehead atoms. The van der Waals surface area contributed by atoms with Gasteiger partial charge in [-0.25, -0.2) is 4.39 Å². The second kappa shape index (κ2) is 5.43. The summed E-state index contributed by atoms with van der Waals surface area (Å²) in [5, 5.41) is 3.37. The van der Waals surface area contributed by atoms with E-state index in [1.165, 1.54) is 0 Å². The predicted octanol–water partition coefficient (Wildman–Crippen LogP) is 1.70. The van der Waals surface area contributed by atoms with E-state index in [1.807, 2.05) is 20.9 Å². The van der Waals surface area contributed by atoms with E-state index in [9.17, 15) is 4.39 Å². The van der Waals surface area contributed by atoms with Crippen molar-refractivity contribution in [1.29, 1.82) is 0 Å². The second-order valence-electron chi connectivity index (χ2n) is 6.15. The van der Waals surface area contributed by atoms with Crippen molar-refractivity contribution in [3.8, 4) is 0 Å². The van der Waals surface area contributed by atoms with Crippen molar-refractivity contribution >= 4 is 0 Å². The Morgan fingerprint density at radius 1 is 1.20 bits per heavy atom. The fraction of sp³-hybridized carbons (Fsp3) is 0.625. The van der Waals surface area contributed by atoms with E-state index < -0.39 is 0 Å². The molecule has 20 heavy (non-hydrogen) atoms. The van der Waals surface area contributed by atoms with E-state index in [4.69, 9.17) is 0 Å². The van der Waals surface area contributed by atoms with Crippen molar-refractivity contribution in [3.05, 3.63) is 34.6 Å². The van der Waals surface area contributed by atoms with Crippen LogP contribution in [0.2, 0.25) is 0 Å². The Hall–Kier alpha value is -0.970. The van der Waals surface area contributed by atoms with Crippen LogP contribution in [0.15, 0.2) is 12.1 Å². The zero-order valence-electron chi connectivity index (χ0n) is 12.6. The van der Waals surface area contributed by atoms with Crippen LogP contribution in [0.5, 0.6) is 0 Å². The van der Waals surface area contributed by atoms with Crippen LogP contribution >= 0.6 is 0 Å². The molecule has 2 unspecified atom stereocenters. The van der Waals surface area contributed by atoms with Gasteiger partial charge in [0.25, 0.3) is 0 Å². The highest BCUT2D eigenvalue weighted by atomic mass is 19.1. The van der Waals surface area contributed by atoms with E-state index in [0.29, 0.717) is 6.04 Å². The van der Waals surface area contributed by atoms with E-state index in [2.05, 4.69) is 21.2 Å². The van der Waals surface area contributed by atoms with Crippen LogP contribution in [0.4, 0.5) is 4.39 Å². The minimum absolute atomic E-state index is 0.0682. The van der Waals surface area contributed by atoms with Gasteiger partial charge in [-0.15, -0.1) is 0 Å². The highest BCUT2D eigenvalue weighted by Crippen LogP contribution is 2.31. The summed E-state index contributed by atoms with van der Waals surface area (Å²) in [5.41, 5.74) is 2.89. The third kappa shape index (κ3) is 2.36. The van der Waals surface area contributed by atoms with Gasteiger partial charge in [0, 0.05) is 44.3 Å². The molecule has 4 rings (SSSR count). The lowest BCUT2D eigenvalue weighted by Gasteiger charge is -2.50. The molecule has 0 saturated carbocycles. The largest absolute Gasteiger partial charge is 0.312 e. The number of likely N-dealkylation sites (N-methyl/N-ethyl adjacent to an activating group) is 1. The number of benzene rings is 1. The van der Waals surface area contributed by atoms with Crippen molar-refractivity contribution in [2.24, 2.45) is 0 Å². The van der Waals surface area contributed by atoms with Crippen LogP contribution < -0.4 is 5.32 Å². The first-order valence-electron chi connectivity index (χ1n) is 7.50. The Morgan fingerprint density at radius 2 is 1.90 bits per heavy atom. The fourth-order valence-electron chi connectivity index (χ4n) is 3.82. The highest BCUT2D eigenvalue weighted by Gasteiger charge is 2.38. The molecule has 3 heterocycles. The summed E-state index contributed by atoms with van der Waals surface area (Å²) in [5.74, 6) is -0.0699. The number of piperazine rings is 3. The van der Waals surface area contributed by atoms with Crippen LogP contribution in [-0.4, -0.2) is 55.6 Å². The lowest BCUT2D eigenvalue weighted by Crippen LogP contribution is -2.63. The van der Waals surface area contributed by atoms with Gasteiger partial charge in [0.15, 0.2) is 0 Å². The lowest BCUT2D eigenvalue weighted by atomic mass is 9.90. The molecular weight excluding hydrogens is 253 g/mol. The maximum absolute atomic E-state index is 14.5. The second-order valence-corrected chi connectivity index (χ2v) is 6.15. The van der Waals surface area contributed by atoms with Gasteiger partial charge in [0.05, 0.1) is 6.04 Å². The van der Waals surface area contributed by atoms with Gasteiger partial charge >= 0.3 is 0 Å². The fourth-order valence-corrected chi connectivity index (χ4v) is 3.82. The first-order chi connectivity index (χ1) is 9.60. The van der Waals surface area contributed by atoms with Crippen LogP contribution in [0.1, 0.15) is 22.7 Å². The van der Waals surface area contributed by atoms with Gasteiger partial charge in [-0.1, -0.05) is 6.07 Å². The minimum atomic E-state index is -0.0699. The van der Waals surface area contributed by atoms with Gasteiger partial charge in [0.2, 0.25) is 0 Å². The Kier molecular flexibility index (Phi) is 3.80. The van der Waals surface area contributed by atoms with E-state index in [-0.39, 0.29) is 11.9 Å². The monoisotopic (exact) mass is 277 g/mol. The SMILES string of the molecule is CNC(c1c(C)cc(C)cc1F)C1CN2CCN1CC2. The van der Waals surface area contributed by atoms with Crippen molar-refractivity contribution in [2.75, 3.05) is 39.8 Å². The maximum atomic E-state index is 14.5. The Labute approximate surface area is 120 Å². The molecule has 3 nitrogen and oxygen atoms in total. The molecule has 3 aliphatic rings. The van der Waals surface area contributed by atoms with E-state index >= 15 is 0 Å². The zero-order valence-corrected chi connectivity index (χ0v) is 12.6. The maximum Gasteiger partial charge on any atom is 0.128 e. The summed E-state index contributed by atoms with van der Waals surface area (Å²) in [6.07, 6.45) is 0. The standard InChI is InChI=1S/C16H24FN3/c1-11-8-12(2)15(13(17)9-11)16(18-3)14-10-19-4-6-20(14)7-5-19/h8-9,14,16,18H,4-7,10H2,1-3H3. The van der Waals surface area contributed by atoms with Crippen LogP contribution in [0.25, 0.3) is 0 Å².